The third-order valence-electron chi connectivity index (χ3n) is 4.14. The van der Waals surface area contributed by atoms with Gasteiger partial charge in [0.1, 0.15) is 11.9 Å². The maximum Gasteiger partial charge on any atom is 0.326 e. The number of para-hydroxylation sites is 2. The predicted octanol–water partition coefficient (Wildman–Crippen LogP) is 4.25. The molecule has 0 spiro atoms. The van der Waals surface area contributed by atoms with Crippen molar-refractivity contribution in [1.82, 2.24) is 9.55 Å². The summed E-state index contributed by atoms with van der Waals surface area (Å²) in [6.07, 6.45) is 0.501. The van der Waals surface area contributed by atoms with Gasteiger partial charge in [-0.25, -0.2) is 9.78 Å². The Morgan fingerprint density at radius 1 is 1.24 bits per heavy atom. The molecule has 0 saturated heterocycles. The number of fused-ring (bicyclic) bond motifs is 1. The number of imidazole rings is 1. The van der Waals surface area contributed by atoms with Crippen LogP contribution in [0.25, 0.3) is 22.4 Å². The van der Waals surface area contributed by atoms with Gasteiger partial charge < -0.3 is 9.67 Å². The van der Waals surface area contributed by atoms with E-state index in [4.69, 9.17) is 5.26 Å². The molecule has 2 aromatic carbocycles. The fourth-order valence-electron chi connectivity index (χ4n) is 3.05. The van der Waals surface area contributed by atoms with Crippen molar-refractivity contribution in [3.63, 3.8) is 0 Å². The van der Waals surface area contributed by atoms with E-state index in [1.165, 1.54) is 0 Å². The summed E-state index contributed by atoms with van der Waals surface area (Å²) in [5.74, 6) is -0.0820. The molecule has 0 amide bonds. The molecule has 0 fully saturated rings. The van der Waals surface area contributed by atoms with E-state index in [0.717, 1.165) is 16.6 Å². The number of hydrogen-bond acceptors (Lipinski definition) is 3. The first-order valence-electron chi connectivity index (χ1n) is 8.21. The van der Waals surface area contributed by atoms with Crippen LogP contribution < -0.4 is 0 Å². The van der Waals surface area contributed by atoms with Crippen molar-refractivity contribution in [2.75, 3.05) is 0 Å². The minimum atomic E-state index is -0.880. The molecule has 25 heavy (non-hydrogen) atoms. The summed E-state index contributed by atoms with van der Waals surface area (Å²) < 4.78 is 1.79. The molecule has 5 nitrogen and oxygen atoms in total. The number of nitrogens with zero attached hydrogens (tertiary/aromatic N) is 3. The van der Waals surface area contributed by atoms with Crippen LogP contribution in [-0.4, -0.2) is 20.6 Å². The molecule has 1 atom stereocenters. The van der Waals surface area contributed by atoms with Gasteiger partial charge in [-0.3, -0.25) is 0 Å². The van der Waals surface area contributed by atoms with E-state index in [1.54, 1.807) is 22.8 Å². The number of carboxylic acids is 1. The first kappa shape index (κ1) is 16.7. The standard InChI is InChI=1S/C20H19N3O2/c1-13(2)10-18(20(24)25)23-17-9-4-3-8-16(17)22-19(23)15-7-5-6-14(11-15)12-21/h3-9,11,13,18H,10H2,1-2H3,(H,24,25). The monoisotopic (exact) mass is 333 g/mol. The molecule has 0 saturated carbocycles. The van der Waals surface area contributed by atoms with E-state index < -0.39 is 12.0 Å². The van der Waals surface area contributed by atoms with Gasteiger partial charge in [0.2, 0.25) is 0 Å². The number of hydrogen-bond donors (Lipinski definition) is 1. The molecule has 5 heteroatoms. The van der Waals surface area contributed by atoms with E-state index in [1.807, 2.05) is 44.2 Å². The van der Waals surface area contributed by atoms with Gasteiger partial charge in [-0.1, -0.05) is 38.1 Å². The quantitative estimate of drug-likeness (QED) is 0.757. The highest BCUT2D eigenvalue weighted by Gasteiger charge is 2.26. The van der Waals surface area contributed by atoms with Crippen molar-refractivity contribution < 1.29 is 9.90 Å². The molecular formula is C20H19N3O2. The largest absolute Gasteiger partial charge is 0.480 e. The van der Waals surface area contributed by atoms with Crippen LogP contribution in [0.15, 0.2) is 48.5 Å². The number of nitriles is 1. The highest BCUT2D eigenvalue weighted by molar-refractivity contribution is 5.84. The Labute approximate surface area is 146 Å². The van der Waals surface area contributed by atoms with Crippen LogP contribution in [-0.2, 0) is 4.79 Å². The van der Waals surface area contributed by atoms with Gasteiger partial charge in [-0.15, -0.1) is 0 Å². The molecule has 1 N–H and O–H groups in total. The molecule has 0 aliphatic heterocycles. The van der Waals surface area contributed by atoms with Gasteiger partial charge in [-0.2, -0.15) is 5.26 Å². The van der Waals surface area contributed by atoms with Crippen LogP contribution in [0.3, 0.4) is 0 Å². The first-order chi connectivity index (χ1) is 12.0. The lowest BCUT2D eigenvalue weighted by atomic mass is 10.0. The molecule has 3 aromatic rings. The molecule has 126 valence electrons. The number of rotatable bonds is 5. The Kier molecular flexibility index (Phi) is 4.53. The summed E-state index contributed by atoms with van der Waals surface area (Å²) in [5, 5.41) is 19.0. The third kappa shape index (κ3) is 3.24. The van der Waals surface area contributed by atoms with Gasteiger partial charge in [0, 0.05) is 5.56 Å². The summed E-state index contributed by atoms with van der Waals surface area (Å²) in [4.78, 5) is 16.6. The second-order valence-corrected chi connectivity index (χ2v) is 6.47. The fourth-order valence-corrected chi connectivity index (χ4v) is 3.05. The highest BCUT2D eigenvalue weighted by Crippen LogP contribution is 2.31. The molecule has 1 heterocycles. The smallest absolute Gasteiger partial charge is 0.326 e. The third-order valence-corrected chi connectivity index (χ3v) is 4.14. The highest BCUT2D eigenvalue weighted by atomic mass is 16.4. The number of aromatic nitrogens is 2. The van der Waals surface area contributed by atoms with E-state index >= 15 is 0 Å². The summed E-state index contributed by atoms with van der Waals surface area (Å²) in [7, 11) is 0. The summed E-state index contributed by atoms with van der Waals surface area (Å²) in [5.41, 5.74) is 2.79. The summed E-state index contributed by atoms with van der Waals surface area (Å²) in [6.45, 7) is 4.01. The average molecular weight is 333 g/mol. The zero-order valence-electron chi connectivity index (χ0n) is 14.2. The second-order valence-electron chi connectivity index (χ2n) is 6.47. The lowest BCUT2D eigenvalue weighted by Crippen LogP contribution is -2.21. The molecule has 0 bridgehead atoms. The van der Waals surface area contributed by atoms with Crippen molar-refractivity contribution in [3.05, 3.63) is 54.1 Å². The van der Waals surface area contributed by atoms with Crippen LogP contribution in [0.1, 0.15) is 31.9 Å². The normalized spacial score (nSPS) is 12.2. The number of carboxylic acid groups (broad SMARTS) is 1. The molecule has 0 aliphatic rings. The first-order valence-corrected chi connectivity index (χ1v) is 8.21. The van der Waals surface area contributed by atoms with Crippen LogP contribution in [0, 0.1) is 17.2 Å². The SMILES string of the molecule is CC(C)CC(C(=O)O)n1c(-c2cccc(C#N)c2)nc2ccccc21. The Hall–Kier alpha value is -3.13. The maximum absolute atomic E-state index is 12.0. The molecule has 0 radical (unpaired) electrons. The zero-order chi connectivity index (χ0) is 18.0. The lowest BCUT2D eigenvalue weighted by molar-refractivity contribution is -0.141. The second kappa shape index (κ2) is 6.78. The minimum Gasteiger partial charge on any atom is -0.480 e. The van der Waals surface area contributed by atoms with Gasteiger partial charge in [0.15, 0.2) is 0 Å². The minimum absolute atomic E-state index is 0.223. The van der Waals surface area contributed by atoms with E-state index in [9.17, 15) is 9.90 Å². The van der Waals surface area contributed by atoms with Crippen molar-refractivity contribution >= 4 is 17.0 Å². The van der Waals surface area contributed by atoms with Gasteiger partial charge in [0.25, 0.3) is 0 Å². The van der Waals surface area contributed by atoms with Crippen LogP contribution >= 0.6 is 0 Å². The predicted molar refractivity (Wildman–Crippen MR) is 96.0 cm³/mol. The van der Waals surface area contributed by atoms with Crippen LogP contribution in [0.4, 0.5) is 0 Å². The molecular weight excluding hydrogens is 314 g/mol. The van der Waals surface area contributed by atoms with Crippen molar-refractivity contribution in [2.45, 2.75) is 26.3 Å². The van der Waals surface area contributed by atoms with E-state index in [-0.39, 0.29) is 5.92 Å². The van der Waals surface area contributed by atoms with E-state index in [0.29, 0.717) is 17.8 Å². The molecule has 0 aliphatic carbocycles. The lowest BCUT2D eigenvalue weighted by Gasteiger charge is -2.20. The number of benzene rings is 2. The van der Waals surface area contributed by atoms with Crippen molar-refractivity contribution in [3.8, 4) is 17.5 Å². The fraction of sp³-hybridized carbons (Fsp3) is 0.250. The van der Waals surface area contributed by atoms with Crippen LogP contribution in [0.2, 0.25) is 0 Å². The molecule has 1 unspecified atom stereocenters. The Morgan fingerprint density at radius 3 is 2.68 bits per heavy atom. The maximum atomic E-state index is 12.0. The van der Waals surface area contributed by atoms with Crippen molar-refractivity contribution in [1.29, 1.82) is 5.26 Å². The summed E-state index contributed by atoms with van der Waals surface area (Å²) >= 11 is 0. The molecule has 1 aromatic heterocycles. The Balaban J connectivity index is 2.28. The number of aliphatic carboxylic acids is 1. The van der Waals surface area contributed by atoms with Crippen LogP contribution in [0.5, 0.6) is 0 Å². The van der Waals surface area contributed by atoms with Gasteiger partial charge in [-0.05, 0) is 36.6 Å². The molecule has 3 rings (SSSR count). The van der Waals surface area contributed by atoms with E-state index in [2.05, 4.69) is 11.1 Å². The van der Waals surface area contributed by atoms with Gasteiger partial charge in [0.05, 0.1) is 22.7 Å². The Morgan fingerprint density at radius 2 is 2.00 bits per heavy atom. The average Bonchev–Trinajstić information content (AvgIpc) is 2.98. The Bertz CT molecular complexity index is 966. The topological polar surface area (TPSA) is 78.9 Å². The number of carbonyl (C=O) groups is 1. The summed E-state index contributed by atoms with van der Waals surface area (Å²) in [6, 6.07) is 16.0. The zero-order valence-corrected chi connectivity index (χ0v) is 14.2. The van der Waals surface area contributed by atoms with Gasteiger partial charge >= 0.3 is 5.97 Å². The van der Waals surface area contributed by atoms with Crippen molar-refractivity contribution in [2.24, 2.45) is 5.92 Å².